The van der Waals surface area contributed by atoms with Gasteiger partial charge in [0.15, 0.2) is 0 Å². The van der Waals surface area contributed by atoms with E-state index in [1.807, 2.05) is 0 Å². The van der Waals surface area contributed by atoms with Gasteiger partial charge in [-0.3, -0.25) is 9.59 Å². The van der Waals surface area contributed by atoms with Crippen LogP contribution in [0.1, 0.15) is 23.2 Å². The second-order valence-electron chi connectivity index (χ2n) is 5.04. The molecular weight excluding hydrogens is 281 g/mol. The Balaban J connectivity index is 2.07. The van der Waals surface area contributed by atoms with E-state index >= 15 is 0 Å². The van der Waals surface area contributed by atoms with Crippen LogP contribution in [0.5, 0.6) is 5.75 Å². The Hall–Kier alpha value is -2.15. The van der Waals surface area contributed by atoms with E-state index in [1.54, 1.807) is 0 Å². The number of rotatable bonds is 4. The van der Waals surface area contributed by atoms with Crippen molar-refractivity contribution in [2.24, 2.45) is 5.41 Å². The SMILES string of the molecule is O=C(NCC1(C(=O)O)CCOCC1)c1ccc(O)cc1F. The lowest BCUT2D eigenvalue weighted by Crippen LogP contribution is -2.46. The third kappa shape index (κ3) is 3.30. The molecule has 1 aliphatic rings. The minimum absolute atomic E-state index is 0.0924. The zero-order valence-electron chi connectivity index (χ0n) is 11.3. The van der Waals surface area contributed by atoms with Crippen molar-refractivity contribution in [2.75, 3.05) is 19.8 Å². The molecule has 0 atom stereocenters. The van der Waals surface area contributed by atoms with Gasteiger partial charge in [-0.25, -0.2) is 4.39 Å². The summed E-state index contributed by atoms with van der Waals surface area (Å²) < 4.78 is 18.7. The number of amides is 1. The van der Waals surface area contributed by atoms with Gasteiger partial charge in [-0.1, -0.05) is 0 Å². The summed E-state index contributed by atoms with van der Waals surface area (Å²) in [5, 5.41) is 20.9. The van der Waals surface area contributed by atoms with Gasteiger partial charge in [-0.2, -0.15) is 0 Å². The zero-order valence-corrected chi connectivity index (χ0v) is 11.3. The first-order chi connectivity index (χ1) is 9.94. The zero-order chi connectivity index (χ0) is 15.5. The van der Waals surface area contributed by atoms with Crippen LogP contribution < -0.4 is 5.32 Å². The van der Waals surface area contributed by atoms with Crippen LogP contribution in [0.4, 0.5) is 4.39 Å². The van der Waals surface area contributed by atoms with Crippen molar-refractivity contribution in [2.45, 2.75) is 12.8 Å². The summed E-state index contributed by atoms with van der Waals surface area (Å²) in [7, 11) is 0. The maximum absolute atomic E-state index is 13.6. The first-order valence-corrected chi connectivity index (χ1v) is 6.52. The summed E-state index contributed by atoms with van der Waals surface area (Å²) in [6.07, 6.45) is 0.585. The van der Waals surface area contributed by atoms with Crippen LogP contribution in [0.3, 0.4) is 0 Å². The normalized spacial score (nSPS) is 17.2. The second-order valence-corrected chi connectivity index (χ2v) is 5.04. The third-order valence-electron chi connectivity index (χ3n) is 3.69. The van der Waals surface area contributed by atoms with E-state index in [0.29, 0.717) is 26.1 Å². The molecule has 0 saturated carbocycles. The molecule has 1 heterocycles. The maximum atomic E-state index is 13.6. The van der Waals surface area contributed by atoms with Gasteiger partial charge >= 0.3 is 5.97 Å². The Labute approximate surface area is 120 Å². The average molecular weight is 297 g/mol. The number of aliphatic carboxylic acids is 1. The van der Waals surface area contributed by atoms with Gasteiger partial charge in [-0.05, 0) is 25.0 Å². The molecule has 1 amide bonds. The predicted molar refractivity (Wildman–Crippen MR) is 70.5 cm³/mol. The van der Waals surface area contributed by atoms with Crippen molar-refractivity contribution < 1.29 is 28.9 Å². The van der Waals surface area contributed by atoms with Crippen LogP contribution in [0, 0.1) is 11.2 Å². The van der Waals surface area contributed by atoms with Crippen LogP contribution in [-0.2, 0) is 9.53 Å². The lowest BCUT2D eigenvalue weighted by molar-refractivity contribution is -0.154. The van der Waals surface area contributed by atoms with Gasteiger partial charge in [-0.15, -0.1) is 0 Å². The number of phenols is 1. The molecule has 21 heavy (non-hydrogen) atoms. The van der Waals surface area contributed by atoms with Crippen molar-refractivity contribution in [3.63, 3.8) is 0 Å². The van der Waals surface area contributed by atoms with Crippen LogP contribution in [0.2, 0.25) is 0 Å². The van der Waals surface area contributed by atoms with Crippen molar-refractivity contribution in [3.8, 4) is 5.75 Å². The molecule has 0 radical (unpaired) electrons. The first-order valence-electron chi connectivity index (χ1n) is 6.52. The Morgan fingerprint density at radius 3 is 2.57 bits per heavy atom. The molecule has 1 aromatic carbocycles. The van der Waals surface area contributed by atoms with Crippen LogP contribution in [0.15, 0.2) is 18.2 Å². The number of benzene rings is 1. The molecule has 3 N–H and O–H groups in total. The first kappa shape index (κ1) is 15.2. The van der Waals surface area contributed by atoms with E-state index < -0.39 is 23.1 Å². The van der Waals surface area contributed by atoms with Gasteiger partial charge in [0, 0.05) is 25.8 Å². The lowest BCUT2D eigenvalue weighted by Gasteiger charge is -2.33. The Morgan fingerprint density at radius 1 is 1.33 bits per heavy atom. The smallest absolute Gasteiger partial charge is 0.311 e. The number of phenolic OH excluding ortho intramolecular Hbond substituents is 1. The summed E-state index contributed by atoms with van der Waals surface area (Å²) in [4.78, 5) is 23.4. The number of carboxylic acid groups (broad SMARTS) is 1. The molecule has 2 rings (SSSR count). The van der Waals surface area contributed by atoms with Crippen molar-refractivity contribution in [3.05, 3.63) is 29.6 Å². The molecule has 0 unspecified atom stereocenters. The van der Waals surface area contributed by atoms with Gasteiger partial charge in [0.1, 0.15) is 11.6 Å². The fraction of sp³-hybridized carbons (Fsp3) is 0.429. The number of nitrogens with one attached hydrogen (secondary N) is 1. The molecule has 0 aromatic heterocycles. The Kier molecular flexibility index (Phi) is 4.42. The minimum Gasteiger partial charge on any atom is -0.508 e. The highest BCUT2D eigenvalue weighted by Crippen LogP contribution is 2.30. The molecule has 7 heteroatoms. The van der Waals surface area contributed by atoms with E-state index in [9.17, 15) is 19.1 Å². The molecule has 6 nitrogen and oxygen atoms in total. The number of carbonyl (C=O) groups excluding carboxylic acids is 1. The predicted octanol–water partition coefficient (Wildman–Crippen LogP) is 1.14. The fourth-order valence-electron chi connectivity index (χ4n) is 2.26. The van der Waals surface area contributed by atoms with E-state index in [1.165, 1.54) is 6.07 Å². The quantitative estimate of drug-likeness (QED) is 0.774. The molecule has 114 valence electrons. The molecule has 0 spiro atoms. The number of hydrogen-bond acceptors (Lipinski definition) is 4. The molecule has 1 aromatic rings. The van der Waals surface area contributed by atoms with Gasteiger partial charge in [0.25, 0.3) is 5.91 Å². The average Bonchev–Trinajstić information content (AvgIpc) is 2.45. The van der Waals surface area contributed by atoms with Crippen LogP contribution >= 0.6 is 0 Å². The molecule has 1 saturated heterocycles. The summed E-state index contributed by atoms with van der Waals surface area (Å²) >= 11 is 0. The standard InChI is InChI=1S/C14H16FNO5/c15-11-7-9(17)1-2-10(11)12(18)16-8-14(13(19)20)3-5-21-6-4-14/h1-2,7,17H,3-6,8H2,(H,16,18)(H,19,20). The van der Waals surface area contributed by atoms with Gasteiger partial charge < -0.3 is 20.3 Å². The Morgan fingerprint density at radius 2 is 2.00 bits per heavy atom. The number of ether oxygens (including phenoxy) is 1. The highest BCUT2D eigenvalue weighted by molar-refractivity contribution is 5.95. The number of carboxylic acids is 1. The maximum Gasteiger partial charge on any atom is 0.311 e. The highest BCUT2D eigenvalue weighted by Gasteiger charge is 2.40. The summed E-state index contributed by atoms with van der Waals surface area (Å²) in [6.45, 7) is 0.538. The molecule has 1 fully saturated rings. The van der Waals surface area contributed by atoms with Gasteiger partial charge in [0.2, 0.25) is 0 Å². The topological polar surface area (TPSA) is 95.9 Å². The third-order valence-corrected chi connectivity index (χ3v) is 3.69. The van der Waals surface area contributed by atoms with Crippen LogP contribution in [-0.4, -0.2) is 41.8 Å². The largest absolute Gasteiger partial charge is 0.508 e. The number of halogens is 1. The second kappa shape index (κ2) is 6.09. The molecule has 0 bridgehead atoms. The number of hydrogen-bond donors (Lipinski definition) is 3. The van der Waals surface area contributed by atoms with Crippen molar-refractivity contribution >= 4 is 11.9 Å². The highest BCUT2D eigenvalue weighted by atomic mass is 19.1. The van der Waals surface area contributed by atoms with E-state index in [2.05, 4.69) is 5.32 Å². The molecule has 0 aliphatic carbocycles. The summed E-state index contributed by atoms with van der Waals surface area (Å²) in [5.74, 6) is -2.85. The van der Waals surface area contributed by atoms with Gasteiger partial charge in [0.05, 0.1) is 11.0 Å². The summed E-state index contributed by atoms with van der Waals surface area (Å²) in [5.41, 5.74) is -1.32. The van der Waals surface area contributed by atoms with Crippen molar-refractivity contribution in [1.29, 1.82) is 0 Å². The monoisotopic (exact) mass is 297 g/mol. The minimum atomic E-state index is -1.08. The lowest BCUT2D eigenvalue weighted by atomic mass is 9.80. The Bertz CT molecular complexity index is 554. The molecular formula is C14H16FNO5. The molecule has 1 aliphatic heterocycles. The summed E-state index contributed by atoms with van der Waals surface area (Å²) in [6, 6.07) is 3.17. The fourth-order valence-corrected chi connectivity index (χ4v) is 2.26. The van der Waals surface area contributed by atoms with E-state index in [0.717, 1.165) is 12.1 Å². The van der Waals surface area contributed by atoms with E-state index in [4.69, 9.17) is 9.84 Å². The van der Waals surface area contributed by atoms with Crippen LogP contribution in [0.25, 0.3) is 0 Å². The van der Waals surface area contributed by atoms with E-state index in [-0.39, 0.29) is 17.9 Å². The van der Waals surface area contributed by atoms with Crippen molar-refractivity contribution in [1.82, 2.24) is 5.32 Å². The number of carbonyl (C=O) groups is 2. The number of aromatic hydroxyl groups is 1.